The molecule has 0 saturated carbocycles. The third kappa shape index (κ3) is 3.39. The Bertz CT molecular complexity index is 639. The molecule has 0 saturated heterocycles. The normalized spacial score (nSPS) is 13.8. The van der Waals surface area contributed by atoms with Gasteiger partial charge in [-0.25, -0.2) is 0 Å². The smallest absolute Gasteiger partial charge is 0.146 e. The van der Waals surface area contributed by atoms with Gasteiger partial charge in [-0.1, -0.05) is 23.7 Å². The lowest BCUT2D eigenvalue weighted by Crippen LogP contribution is -2.04. The molecule has 1 N–H and O–H groups in total. The predicted molar refractivity (Wildman–Crippen MR) is 87.4 cm³/mol. The summed E-state index contributed by atoms with van der Waals surface area (Å²) in [6.45, 7) is 0.804. The molecule has 2 nitrogen and oxygen atoms in total. The average molecular weight is 302 g/mol. The predicted octanol–water partition coefficient (Wildman–Crippen LogP) is 4.73. The third-order valence-corrected chi connectivity index (χ3v) is 4.22. The van der Waals surface area contributed by atoms with E-state index in [1.807, 2.05) is 31.3 Å². The van der Waals surface area contributed by atoms with Gasteiger partial charge in [0.1, 0.15) is 11.5 Å². The highest BCUT2D eigenvalue weighted by molar-refractivity contribution is 6.32. The number of halogens is 1. The van der Waals surface area contributed by atoms with Gasteiger partial charge in [-0.15, -0.1) is 0 Å². The first kappa shape index (κ1) is 14.4. The van der Waals surface area contributed by atoms with Crippen molar-refractivity contribution >= 4 is 11.6 Å². The first-order chi connectivity index (χ1) is 10.3. The number of aryl methyl sites for hydroxylation is 2. The SMILES string of the molecule is CNCc1ccc(Oc2ccc3c(c2)CCCC3)c(Cl)c1. The second kappa shape index (κ2) is 6.50. The van der Waals surface area contributed by atoms with Gasteiger partial charge in [0.2, 0.25) is 0 Å². The van der Waals surface area contributed by atoms with E-state index in [0.29, 0.717) is 10.8 Å². The molecule has 0 aliphatic heterocycles. The van der Waals surface area contributed by atoms with Gasteiger partial charge in [-0.3, -0.25) is 0 Å². The van der Waals surface area contributed by atoms with Gasteiger partial charge in [-0.05, 0) is 73.7 Å². The molecule has 0 aromatic heterocycles. The van der Waals surface area contributed by atoms with Crippen molar-refractivity contribution in [2.24, 2.45) is 0 Å². The highest BCUT2D eigenvalue weighted by atomic mass is 35.5. The van der Waals surface area contributed by atoms with Crippen molar-refractivity contribution in [3.05, 3.63) is 58.1 Å². The Morgan fingerprint density at radius 1 is 1.05 bits per heavy atom. The highest BCUT2D eigenvalue weighted by Crippen LogP contribution is 2.32. The lowest BCUT2D eigenvalue weighted by molar-refractivity contribution is 0.480. The molecule has 0 bridgehead atoms. The Morgan fingerprint density at radius 3 is 2.62 bits per heavy atom. The first-order valence-electron chi connectivity index (χ1n) is 7.49. The van der Waals surface area contributed by atoms with E-state index in [0.717, 1.165) is 24.3 Å². The van der Waals surface area contributed by atoms with Crippen molar-refractivity contribution in [2.75, 3.05) is 7.05 Å². The summed E-state index contributed by atoms with van der Waals surface area (Å²) < 4.78 is 5.96. The van der Waals surface area contributed by atoms with E-state index in [4.69, 9.17) is 16.3 Å². The average Bonchev–Trinajstić information content (AvgIpc) is 2.50. The van der Waals surface area contributed by atoms with E-state index >= 15 is 0 Å². The molecular weight excluding hydrogens is 282 g/mol. The molecular formula is C18H20ClNO. The summed E-state index contributed by atoms with van der Waals surface area (Å²) >= 11 is 6.31. The van der Waals surface area contributed by atoms with Gasteiger partial charge in [0.15, 0.2) is 0 Å². The standard InChI is InChI=1S/C18H20ClNO/c1-20-12-13-6-9-18(17(19)10-13)21-16-8-7-14-4-2-3-5-15(14)11-16/h6-11,20H,2-5,12H2,1H3. The summed E-state index contributed by atoms with van der Waals surface area (Å²) in [4.78, 5) is 0. The summed E-state index contributed by atoms with van der Waals surface area (Å²) in [5.41, 5.74) is 4.03. The number of hydrogen-bond donors (Lipinski definition) is 1. The fraction of sp³-hybridized carbons (Fsp3) is 0.333. The lowest BCUT2D eigenvalue weighted by atomic mass is 9.92. The summed E-state index contributed by atoms with van der Waals surface area (Å²) in [6.07, 6.45) is 4.92. The van der Waals surface area contributed by atoms with Gasteiger partial charge in [0, 0.05) is 6.54 Å². The topological polar surface area (TPSA) is 21.3 Å². The summed E-state index contributed by atoms with van der Waals surface area (Å²) in [6, 6.07) is 12.3. The second-order valence-corrected chi connectivity index (χ2v) is 5.94. The Labute approximate surface area is 131 Å². The van der Waals surface area contributed by atoms with E-state index in [1.165, 1.54) is 30.4 Å². The molecule has 0 amide bonds. The summed E-state index contributed by atoms with van der Waals surface area (Å²) in [5.74, 6) is 1.59. The van der Waals surface area contributed by atoms with E-state index in [1.54, 1.807) is 0 Å². The van der Waals surface area contributed by atoms with Crippen LogP contribution in [-0.2, 0) is 19.4 Å². The van der Waals surface area contributed by atoms with Crippen LogP contribution in [0, 0.1) is 0 Å². The fourth-order valence-electron chi connectivity index (χ4n) is 2.84. The van der Waals surface area contributed by atoms with Crippen molar-refractivity contribution in [3.8, 4) is 11.5 Å². The van der Waals surface area contributed by atoms with Crippen LogP contribution in [0.3, 0.4) is 0 Å². The molecule has 2 aromatic rings. The molecule has 110 valence electrons. The minimum atomic E-state index is 0.653. The number of hydrogen-bond acceptors (Lipinski definition) is 2. The molecule has 3 rings (SSSR count). The number of benzene rings is 2. The Morgan fingerprint density at radius 2 is 1.86 bits per heavy atom. The Hall–Kier alpha value is -1.51. The van der Waals surface area contributed by atoms with E-state index in [2.05, 4.69) is 17.4 Å². The zero-order valence-electron chi connectivity index (χ0n) is 12.3. The zero-order chi connectivity index (χ0) is 14.7. The fourth-order valence-corrected chi connectivity index (χ4v) is 3.08. The van der Waals surface area contributed by atoms with E-state index < -0.39 is 0 Å². The van der Waals surface area contributed by atoms with Crippen LogP contribution < -0.4 is 10.1 Å². The van der Waals surface area contributed by atoms with Gasteiger partial charge in [-0.2, -0.15) is 0 Å². The molecule has 2 aromatic carbocycles. The molecule has 0 heterocycles. The van der Waals surface area contributed by atoms with E-state index in [-0.39, 0.29) is 0 Å². The largest absolute Gasteiger partial charge is 0.456 e. The first-order valence-corrected chi connectivity index (χ1v) is 7.87. The molecule has 0 spiro atoms. The van der Waals surface area contributed by atoms with Gasteiger partial charge >= 0.3 is 0 Å². The third-order valence-electron chi connectivity index (χ3n) is 3.92. The van der Waals surface area contributed by atoms with Crippen molar-refractivity contribution in [2.45, 2.75) is 32.2 Å². The summed E-state index contributed by atoms with van der Waals surface area (Å²) in [7, 11) is 1.92. The van der Waals surface area contributed by atoms with Crippen LogP contribution in [0.4, 0.5) is 0 Å². The Balaban J connectivity index is 1.80. The molecule has 0 atom stereocenters. The zero-order valence-corrected chi connectivity index (χ0v) is 13.0. The maximum Gasteiger partial charge on any atom is 0.146 e. The summed E-state index contributed by atoms with van der Waals surface area (Å²) in [5, 5.41) is 3.77. The van der Waals surface area contributed by atoms with Crippen molar-refractivity contribution in [1.29, 1.82) is 0 Å². The molecule has 0 unspecified atom stereocenters. The number of rotatable bonds is 4. The van der Waals surface area contributed by atoms with Crippen LogP contribution in [0.2, 0.25) is 5.02 Å². The molecule has 0 radical (unpaired) electrons. The maximum atomic E-state index is 6.31. The number of ether oxygens (including phenoxy) is 1. The van der Waals surface area contributed by atoms with Gasteiger partial charge < -0.3 is 10.1 Å². The molecule has 0 fully saturated rings. The molecule has 21 heavy (non-hydrogen) atoms. The minimum absolute atomic E-state index is 0.653. The molecule has 3 heteroatoms. The van der Waals surface area contributed by atoms with Crippen LogP contribution in [0.5, 0.6) is 11.5 Å². The van der Waals surface area contributed by atoms with Crippen molar-refractivity contribution < 1.29 is 4.74 Å². The second-order valence-electron chi connectivity index (χ2n) is 5.53. The van der Waals surface area contributed by atoms with Crippen molar-refractivity contribution in [1.82, 2.24) is 5.32 Å². The maximum absolute atomic E-state index is 6.31. The Kier molecular flexibility index (Phi) is 4.47. The molecule has 1 aliphatic carbocycles. The van der Waals surface area contributed by atoms with Crippen LogP contribution in [-0.4, -0.2) is 7.05 Å². The molecule has 1 aliphatic rings. The number of nitrogens with one attached hydrogen (secondary N) is 1. The van der Waals surface area contributed by atoms with Crippen LogP contribution in [0.25, 0.3) is 0 Å². The van der Waals surface area contributed by atoms with Crippen LogP contribution in [0.15, 0.2) is 36.4 Å². The highest BCUT2D eigenvalue weighted by Gasteiger charge is 2.11. The van der Waals surface area contributed by atoms with E-state index in [9.17, 15) is 0 Å². The lowest BCUT2D eigenvalue weighted by Gasteiger charge is -2.17. The number of fused-ring (bicyclic) bond motifs is 1. The minimum Gasteiger partial charge on any atom is -0.456 e. The van der Waals surface area contributed by atoms with Crippen LogP contribution in [0.1, 0.15) is 29.5 Å². The monoisotopic (exact) mass is 301 g/mol. The van der Waals surface area contributed by atoms with Crippen molar-refractivity contribution in [3.63, 3.8) is 0 Å². The van der Waals surface area contributed by atoms with Gasteiger partial charge in [0.05, 0.1) is 5.02 Å². The quantitative estimate of drug-likeness (QED) is 0.881. The van der Waals surface area contributed by atoms with Gasteiger partial charge in [0.25, 0.3) is 0 Å². The van der Waals surface area contributed by atoms with Crippen LogP contribution >= 0.6 is 11.6 Å².